The molecule has 1 aliphatic rings. The first-order valence-electron chi connectivity index (χ1n) is 4.11. The Morgan fingerprint density at radius 3 is 2.82 bits per heavy atom. The summed E-state index contributed by atoms with van der Waals surface area (Å²) in [7, 11) is 0. The number of aliphatic hydroxyl groups is 1. The Bertz CT molecular complexity index is 114. The van der Waals surface area contributed by atoms with Crippen LogP contribution in [0.15, 0.2) is 0 Å². The largest absolute Gasteiger partial charge is 0.388 e. The van der Waals surface area contributed by atoms with Crippen LogP contribution in [0.4, 0.5) is 0 Å². The Hall–Kier alpha value is -0.120. The first-order valence-corrected chi connectivity index (χ1v) is 4.11. The Morgan fingerprint density at radius 1 is 1.55 bits per heavy atom. The quantitative estimate of drug-likeness (QED) is 0.641. The summed E-state index contributed by atoms with van der Waals surface area (Å²) in [6, 6.07) is 0. The molecule has 1 aliphatic heterocycles. The Balaban J connectivity index is 2.29. The van der Waals surface area contributed by atoms with Crippen LogP contribution in [0.25, 0.3) is 0 Å². The summed E-state index contributed by atoms with van der Waals surface area (Å²) in [6.07, 6.45) is 0.530. The molecule has 0 bridgehead atoms. The highest BCUT2D eigenvalue weighted by Gasteiger charge is 2.24. The fourth-order valence-electron chi connectivity index (χ4n) is 1.21. The third kappa shape index (κ3) is 2.77. The molecule has 0 saturated carbocycles. The van der Waals surface area contributed by atoms with E-state index in [4.69, 9.17) is 9.47 Å². The summed E-state index contributed by atoms with van der Waals surface area (Å²) >= 11 is 0. The second-order valence-corrected chi connectivity index (χ2v) is 3.15. The van der Waals surface area contributed by atoms with E-state index in [9.17, 15) is 5.11 Å². The highest BCUT2D eigenvalue weighted by Crippen LogP contribution is 2.13. The summed E-state index contributed by atoms with van der Waals surface area (Å²) in [5.41, 5.74) is 0. The van der Waals surface area contributed by atoms with Gasteiger partial charge >= 0.3 is 0 Å². The van der Waals surface area contributed by atoms with Gasteiger partial charge in [0, 0.05) is 6.61 Å². The fourth-order valence-corrected chi connectivity index (χ4v) is 1.21. The molecule has 0 radical (unpaired) electrons. The number of ether oxygens (including phenoxy) is 2. The van der Waals surface area contributed by atoms with Crippen molar-refractivity contribution in [3.8, 4) is 0 Å². The second-order valence-electron chi connectivity index (χ2n) is 3.15. The van der Waals surface area contributed by atoms with Crippen LogP contribution in [-0.2, 0) is 9.47 Å². The molecular formula is C8H16O3. The van der Waals surface area contributed by atoms with Crippen LogP contribution in [-0.4, -0.2) is 36.6 Å². The average Bonchev–Trinajstić information content (AvgIpc) is 1.93. The van der Waals surface area contributed by atoms with E-state index in [0.29, 0.717) is 13.2 Å². The molecule has 0 unspecified atom stereocenters. The smallest absolute Gasteiger partial charge is 0.104 e. The summed E-state index contributed by atoms with van der Waals surface area (Å²) < 4.78 is 10.5. The molecule has 0 aromatic carbocycles. The van der Waals surface area contributed by atoms with Crippen LogP contribution in [0.1, 0.15) is 20.3 Å². The van der Waals surface area contributed by atoms with Crippen LogP contribution in [0, 0.1) is 0 Å². The molecular weight excluding hydrogens is 144 g/mol. The van der Waals surface area contributed by atoms with Crippen molar-refractivity contribution in [2.75, 3.05) is 13.2 Å². The standard InChI is InChI=1S/C8H16O3/c1-6(2)11-8-3-4-10-5-7(8)9/h6-9H,3-5H2,1-2H3/t7-,8-/m1/s1. The van der Waals surface area contributed by atoms with E-state index in [-0.39, 0.29) is 12.2 Å². The normalized spacial score (nSPS) is 32.7. The van der Waals surface area contributed by atoms with E-state index in [1.54, 1.807) is 0 Å². The van der Waals surface area contributed by atoms with E-state index in [0.717, 1.165) is 6.42 Å². The Labute approximate surface area is 67.3 Å². The molecule has 3 nitrogen and oxygen atoms in total. The van der Waals surface area contributed by atoms with Gasteiger partial charge in [0.15, 0.2) is 0 Å². The molecule has 1 rings (SSSR count). The molecule has 1 fully saturated rings. The van der Waals surface area contributed by atoms with E-state index < -0.39 is 6.10 Å². The molecule has 0 aliphatic carbocycles. The monoisotopic (exact) mass is 160 g/mol. The minimum Gasteiger partial charge on any atom is -0.388 e. The summed E-state index contributed by atoms with van der Waals surface area (Å²) in [5.74, 6) is 0. The zero-order valence-electron chi connectivity index (χ0n) is 7.12. The Kier molecular flexibility index (Phi) is 3.30. The van der Waals surface area contributed by atoms with Crippen LogP contribution < -0.4 is 0 Å². The maximum Gasteiger partial charge on any atom is 0.104 e. The van der Waals surface area contributed by atoms with Gasteiger partial charge in [-0.2, -0.15) is 0 Å². The molecule has 1 saturated heterocycles. The van der Waals surface area contributed by atoms with E-state index >= 15 is 0 Å². The van der Waals surface area contributed by atoms with Crippen LogP contribution >= 0.6 is 0 Å². The van der Waals surface area contributed by atoms with Crippen molar-refractivity contribution in [1.82, 2.24) is 0 Å². The van der Waals surface area contributed by atoms with Gasteiger partial charge in [-0.1, -0.05) is 0 Å². The maximum atomic E-state index is 9.37. The van der Waals surface area contributed by atoms with Gasteiger partial charge < -0.3 is 14.6 Å². The molecule has 0 aromatic rings. The minimum atomic E-state index is -0.439. The van der Waals surface area contributed by atoms with E-state index in [1.165, 1.54) is 0 Å². The van der Waals surface area contributed by atoms with Crippen molar-refractivity contribution >= 4 is 0 Å². The van der Waals surface area contributed by atoms with Gasteiger partial charge in [0.2, 0.25) is 0 Å². The first kappa shape index (κ1) is 8.97. The second kappa shape index (κ2) is 4.04. The van der Waals surface area contributed by atoms with Gasteiger partial charge in [0.05, 0.1) is 18.8 Å². The van der Waals surface area contributed by atoms with Gasteiger partial charge in [0.25, 0.3) is 0 Å². The van der Waals surface area contributed by atoms with Crippen molar-refractivity contribution in [1.29, 1.82) is 0 Å². The van der Waals surface area contributed by atoms with Crippen LogP contribution in [0.5, 0.6) is 0 Å². The highest BCUT2D eigenvalue weighted by molar-refractivity contribution is 4.73. The van der Waals surface area contributed by atoms with Crippen molar-refractivity contribution in [2.24, 2.45) is 0 Å². The van der Waals surface area contributed by atoms with Crippen molar-refractivity contribution in [2.45, 2.75) is 38.6 Å². The predicted molar refractivity (Wildman–Crippen MR) is 41.5 cm³/mol. The average molecular weight is 160 g/mol. The van der Waals surface area contributed by atoms with Crippen LogP contribution in [0.3, 0.4) is 0 Å². The molecule has 0 amide bonds. The molecule has 1 N–H and O–H groups in total. The molecule has 0 spiro atoms. The van der Waals surface area contributed by atoms with Gasteiger partial charge in [-0.05, 0) is 20.3 Å². The Morgan fingerprint density at radius 2 is 2.27 bits per heavy atom. The number of hydrogen-bond acceptors (Lipinski definition) is 3. The third-order valence-corrected chi connectivity index (χ3v) is 1.71. The summed E-state index contributed by atoms with van der Waals surface area (Å²) in [6.45, 7) is 5.07. The predicted octanol–water partition coefficient (Wildman–Crippen LogP) is 0.561. The SMILES string of the molecule is CC(C)O[C@@H]1CCOC[C@H]1O. The molecule has 66 valence electrons. The lowest BCUT2D eigenvalue weighted by Crippen LogP contribution is -2.39. The zero-order chi connectivity index (χ0) is 8.27. The molecule has 1 heterocycles. The third-order valence-electron chi connectivity index (χ3n) is 1.71. The fraction of sp³-hybridized carbons (Fsp3) is 1.00. The first-order chi connectivity index (χ1) is 5.20. The van der Waals surface area contributed by atoms with Gasteiger partial charge in [-0.3, -0.25) is 0 Å². The van der Waals surface area contributed by atoms with Gasteiger partial charge in [0.1, 0.15) is 6.10 Å². The lowest BCUT2D eigenvalue weighted by Gasteiger charge is -2.29. The highest BCUT2D eigenvalue weighted by atomic mass is 16.5. The number of rotatable bonds is 2. The molecule has 0 aromatic heterocycles. The minimum absolute atomic E-state index is 0.0243. The number of hydrogen-bond donors (Lipinski definition) is 1. The van der Waals surface area contributed by atoms with Crippen molar-refractivity contribution < 1.29 is 14.6 Å². The summed E-state index contributed by atoms with van der Waals surface area (Å²) in [5, 5.41) is 9.37. The lowest BCUT2D eigenvalue weighted by atomic mass is 10.1. The van der Waals surface area contributed by atoms with Crippen molar-refractivity contribution in [3.05, 3.63) is 0 Å². The molecule has 3 heteroatoms. The number of aliphatic hydroxyl groups excluding tert-OH is 1. The molecule has 11 heavy (non-hydrogen) atoms. The van der Waals surface area contributed by atoms with E-state index in [1.807, 2.05) is 13.8 Å². The van der Waals surface area contributed by atoms with Crippen LogP contribution in [0.2, 0.25) is 0 Å². The van der Waals surface area contributed by atoms with Gasteiger partial charge in [-0.25, -0.2) is 0 Å². The zero-order valence-corrected chi connectivity index (χ0v) is 7.12. The summed E-state index contributed by atoms with van der Waals surface area (Å²) in [4.78, 5) is 0. The van der Waals surface area contributed by atoms with E-state index in [2.05, 4.69) is 0 Å². The topological polar surface area (TPSA) is 38.7 Å². The molecule has 2 atom stereocenters. The van der Waals surface area contributed by atoms with Crippen molar-refractivity contribution in [3.63, 3.8) is 0 Å². The lowest BCUT2D eigenvalue weighted by molar-refractivity contribution is -0.129. The maximum absolute atomic E-state index is 9.37. The van der Waals surface area contributed by atoms with Gasteiger partial charge in [-0.15, -0.1) is 0 Å².